The van der Waals surface area contributed by atoms with Crippen LogP contribution in [0, 0.1) is 5.92 Å². The Kier molecular flexibility index (Phi) is 4.54. The second-order valence-corrected chi connectivity index (χ2v) is 5.52. The summed E-state index contributed by atoms with van der Waals surface area (Å²) in [6.45, 7) is -0.721. The molecule has 0 aromatic carbocycles. The normalized spacial score (nSPS) is 20.7. The predicted octanol–water partition coefficient (Wildman–Crippen LogP) is 3.11. The fourth-order valence-electron chi connectivity index (χ4n) is 2.55. The Balaban J connectivity index is 1.62. The summed E-state index contributed by atoms with van der Waals surface area (Å²) >= 11 is 0. The molecule has 2 heterocycles. The second-order valence-electron chi connectivity index (χ2n) is 5.52. The van der Waals surface area contributed by atoms with E-state index in [1.807, 2.05) is 0 Å². The van der Waals surface area contributed by atoms with E-state index in [9.17, 15) is 8.78 Å². The Hall–Kier alpha value is -2.45. The number of nitrogens with zero attached hydrogens (tertiary/aromatic N) is 3. The molecule has 9 heteroatoms. The van der Waals surface area contributed by atoms with E-state index in [1.165, 1.54) is 12.3 Å². The Morgan fingerprint density at radius 2 is 2.17 bits per heavy atom. The van der Waals surface area contributed by atoms with E-state index in [0.717, 1.165) is 19.3 Å². The maximum atomic E-state index is 12.1. The molecule has 1 fully saturated rings. The van der Waals surface area contributed by atoms with Crippen molar-refractivity contribution in [3.05, 3.63) is 18.5 Å². The molecular weight excluding hydrogens is 308 g/mol. The second kappa shape index (κ2) is 6.76. The number of H-pyrrole nitrogens is 1. The zero-order valence-electron chi connectivity index (χ0n) is 12.5. The number of ether oxygens (including phenoxy) is 2. The van der Waals surface area contributed by atoms with Gasteiger partial charge in [0.05, 0.1) is 12.4 Å². The third kappa shape index (κ3) is 4.27. The van der Waals surface area contributed by atoms with Crippen molar-refractivity contribution in [2.24, 2.45) is 5.92 Å². The fourth-order valence-corrected chi connectivity index (χ4v) is 2.55. The number of aromatic amines is 1. The minimum Gasteiger partial charge on any atom is -0.473 e. The zero-order chi connectivity index (χ0) is 16.2. The summed E-state index contributed by atoms with van der Waals surface area (Å²) < 4.78 is 34.2. The van der Waals surface area contributed by atoms with Crippen LogP contribution in [-0.4, -0.2) is 32.9 Å². The van der Waals surface area contributed by atoms with Gasteiger partial charge in [-0.15, -0.1) is 5.10 Å². The van der Waals surface area contributed by atoms with Crippen molar-refractivity contribution in [2.45, 2.75) is 38.9 Å². The Labute approximate surface area is 131 Å². The first-order chi connectivity index (χ1) is 11.1. The van der Waals surface area contributed by atoms with Gasteiger partial charge < -0.3 is 14.8 Å². The van der Waals surface area contributed by atoms with E-state index in [2.05, 4.69) is 37.1 Å². The first-order valence-electron chi connectivity index (χ1n) is 7.34. The highest BCUT2D eigenvalue weighted by atomic mass is 19.3. The fraction of sp³-hybridized carbons (Fsp3) is 0.500. The summed E-state index contributed by atoms with van der Waals surface area (Å²) in [6.07, 6.45) is 6.37. The van der Waals surface area contributed by atoms with E-state index in [-0.39, 0.29) is 12.0 Å². The molecule has 2 aromatic heterocycles. The average Bonchev–Trinajstić information content (AvgIpc) is 3.08. The van der Waals surface area contributed by atoms with Crippen LogP contribution in [0.5, 0.6) is 11.8 Å². The minimum atomic E-state index is -2.92. The summed E-state index contributed by atoms with van der Waals surface area (Å²) in [5, 5.41) is 9.00. The molecule has 0 spiro atoms. The highest BCUT2D eigenvalue weighted by Crippen LogP contribution is 2.28. The largest absolute Gasteiger partial charge is 0.473 e. The first-order valence-corrected chi connectivity index (χ1v) is 7.34. The minimum absolute atomic E-state index is 0.160. The number of aromatic nitrogens is 4. The predicted molar refractivity (Wildman–Crippen MR) is 78.0 cm³/mol. The molecule has 23 heavy (non-hydrogen) atoms. The molecule has 1 aliphatic rings. The van der Waals surface area contributed by atoms with Crippen molar-refractivity contribution in [3.8, 4) is 11.8 Å². The molecular formula is C14H17F2N5O2. The first kappa shape index (κ1) is 15.4. The third-order valence-electron chi connectivity index (χ3n) is 3.57. The van der Waals surface area contributed by atoms with E-state index in [0.29, 0.717) is 23.4 Å². The number of nitrogens with one attached hydrogen (secondary N) is 2. The average molecular weight is 325 g/mol. The lowest BCUT2D eigenvalue weighted by Gasteiger charge is -2.12. The van der Waals surface area contributed by atoms with Crippen LogP contribution in [0.15, 0.2) is 18.5 Å². The molecule has 124 valence electrons. The quantitative estimate of drug-likeness (QED) is 0.849. The van der Waals surface area contributed by atoms with Gasteiger partial charge >= 0.3 is 6.61 Å². The molecule has 0 unspecified atom stereocenters. The van der Waals surface area contributed by atoms with E-state index >= 15 is 0 Å². The zero-order valence-corrected chi connectivity index (χ0v) is 12.5. The molecule has 1 aliphatic carbocycles. The van der Waals surface area contributed by atoms with Crippen LogP contribution in [0.3, 0.4) is 0 Å². The molecule has 3 rings (SSSR count). The van der Waals surface area contributed by atoms with Crippen molar-refractivity contribution >= 4 is 11.6 Å². The van der Waals surface area contributed by atoms with Gasteiger partial charge in [-0.2, -0.15) is 13.8 Å². The monoisotopic (exact) mass is 325 g/mol. The van der Waals surface area contributed by atoms with Crippen molar-refractivity contribution in [1.29, 1.82) is 0 Å². The molecule has 2 N–H and O–H groups in total. The maximum Gasteiger partial charge on any atom is 0.388 e. The third-order valence-corrected chi connectivity index (χ3v) is 3.57. The lowest BCUT2D eigenvalue weighted by atomic mass is 10.1. The number of anilines is 2. The number of rotatable bonds is 6. The molecule has 0 bridgehead atoms. The summed E-state index contributed by atoms with van der Waals surface area (Å²) in [4.78, 5) is 8.36. The number of alkyl halides is 2. The molecule has 2 atom stereocenters. The van der Waals surface area contributed by atoms with E-state index in [1.54, 1.807) is 6.20 Å². The smallest absolute Gasteiger partial charge is 0.388 e. The van der Waals surface area contributed by atoms with Gasteiger partial charge in [0.2, 0.25) is 11.8 Å². The standard InChI is InChI=1S/C14H17F2N5O2/c1-8-2-3-9(4-8)22-13-7-17-6-11(19-13)18-10-5-12(21-20-10)23-14(15)16/h5-9,14H,2-4H2,1H3,(H2,18,19,20,21)/t8-,9-/m0/s1. The van der Waals surface area contributed by atoms with Crippen molar-refractivity contribution in [1.82, 2.24) is 20.2 Å². The molecule has 2 aromatic rings. The van der Waals surface area contributed by atoms with Gasteiger partial charge in [-0.25, -0.2) is 0 Å². The molecule has 0 radical (unpaired) electrons. The van der Waals surface area contributed by atoms with Crippen molar-refractivity contribution < 1.29 is 18.3 Å². The molecule has 1 saturated carbocycles. The Morgan fingerprint density at radius 3 is 2.91 bits per heavy atom. The van der Waals surface area contributed by atoms with Crippen LogP contribution in [0.2, 0.25) is 0 Å². The van der Waals surface area contributed by atoms with Crippen molar-refractivity contribution in [3.63, 3.8) is 0 Å². The molecule has 0 amide bonds. The summed E-state index contributed by atoms with van der Waals surface area (Å²) in [6, 6.07) is 1.31. The van der Waals surface area contributed by atoms with E-state index in [4.69, 9.17) is 4.74 Å². The lowest BCUT2D eigenvalue weighted by molar-refractivity contribution is -0.0528. The number of hydrogen-bond donors (Lipinski definition) is 2. The van der Waals surface area contributed by atoms with Crippen LogP contribution in [-0.2, 0) is 0 Å². The summed E-state index contributed by atoms with van der Waals surface area (Å²) in [7, 11) is 0. The number of hydrogen-bond acceptors (Lipinski definition) is 6. The van der Waals surface area contributed by atoms with Gasteiger partial charge in [-0.1, -0.05) is 6.92 Å². The topological polar surface area (TPSA) is 85.0 Å². The van der Waals surface area contributed by atoms with Gasteiger partial charge in [0.25, 0.3) is 0 Å². The molecule has 0 saturated heterocycles. The van der Waals surface area contributed by atoms with Gasteiger partial charge in [0.1, 0.15) is 11.9 Å². The molecule has 0 aliphatic heterocycles. The highest BCUT2D eigenvalue weighted by Gasteiger charge is 2.23. The van der Waals surface area contributed by atoms with Crippen LogP contribution in [0.4, 0.5) is 20.4 Å². The van der Waals surface area contributed by atoms with Gasteiger partial charge in [-0.3, -0.25) is 10.1 Å². The van der Waals surface area contributed by atoms with Gasteiger partial charge in [0.15, 0.2) is 5.82 Å². The Bertz CT molecular complexity index is 652. The van der Waals surface area contributed by atoms with Crippen LogP contribution in [0.25, 0.3) is 0 Å². The van der Waals surface area contributed by atoms with Crippen LogP contribution < -0.4 is 14.8 Å². The van der Waals surface area contributed by atoms with Crippen molar-refractivity contribution in [2.75, 3.05) is 5.32 Å². The van der Waals surface area contributed by atoms with E-state index < -0.39 is 6.61 Å². The maximum absolute atomic E-state index is 12.1. The van der Waals surface area contributed by atoms with Crippen LogP contribution >= 0.6 is 0 Å². The molecule has 7 nitrogen and oxygen atoms in total. The highest BCUT2D eigenvalue weighted by molar-refractivity contribution is 5.51. The summed E-state index contributed by atoms with van der Waals surface area (Å²) in [5.41, 5.74) is 0. The van der Waals surface area contributed by atoms with Gasteiger partial charge in [-0.05, 0) is 25.2 Å². The Morgan fingerprint density at radius 1 is 1.30 bits per heavy atom. The van der Waals surface area contributed by atoms with Gasteiger partial charge in [0, 0.05) is 6.07 Å². The summed E-state index contributed by atoms with van der Waals surface area (Å²) in [5.74, 6) is 1.66. The number of halogens is 2. The lowest BCUT2D eigenvalue weighted by Crippen LogP contribution is -2.13. The van der Waals surface area contributed by atoms with Crippen LogP contribution in [0.1, 0.15) is 26.2 Å². The SMILES string of the molecule is C[C@H]1CC[C@H](Oc2cncc(Nc3cc(OC(F)F)n[nH]3)n2)C1.